The number of fused-ring (bicyclic) bond motifs is 4. The number of methoxy groups -OCH3 is 1. The fraction of sp³-hybridized carbons (Fsp3) is 0.241. The number of nitrogens with one attached hydrogen (secondary N) is 1. The molecule has 0 atom stereocenters. The lowest BCUT2D eigenvalue weighted by atomic mass is 9.90. The van der Waals surface area contributed by atoms with Gasteiger partial charge in [-0.25, -0.2) is 4.98 Å². The quantitative estimate of drug-likeness (QED) is 0.268. The minimum absolute atomic E-state index is 0.0975. The third kappa shape index (κ3) is 4.45. The molecule has 5 nitrogen and oxygen atoms in total. The molecule has 0 radical (unpaired) electrons. The molecule has 6 rings (SSSR count). The van der Waals surface area contributed by atoms with Gasteiger partial charge in [-0.2, -0.15) is 0 Å². The Morgan fingerprint density at radius 2 is 1.97 bits per heavy atom. The Bertz CT molecular complexity index is 1530. The highest BCUT2D eigenvalue weighted by Crippen LogP contribution is 2.40. The summed E-state index contributed by atoms with van der Waals surface area (Å²) in [6.45, 7) is 0.675. The lowest BCUT2D eigenvalue weighted by Gasteiger charge is -2.21. The molecule has 1 aliphatic rings. The summed E-state index contributed by atoms with van der Waals surface area (Å²) in [5.74, 6) is 0.987. The van der Waals surface area contributed by atoms with Crippen molar-refractivity contribution in [1.29, 1.82) is 0 Å². The average molecular weight is 514 g/mol. The van der Waals surface area contributed by atoms with E-state index in [1.54, 1.807) is 29.8 Å². The van der Waals surface area contributed by atoms with Crippen LogP contribution in [0.1, 0.15) is 28.1 Å². The fourth-order valence-electron chi connectivity index (χ4n) is 5.08. The van der Waals surface area contributed by atoms with Crippen LogP contribution >= 0.6 is 22.7 Å². The van der Waals surface area contributed by atoms with Crippen LogP contribution in [0.4, 0.5) is 0 Å². The number of carbonyl (C=O) groups is 1. The molecule has 3 heterocycles. The van der Waals surface area contributed by atoms with Crippen LogP contribution in [0, 0.1) is 0 Å². The van der Waals surface area contributed by atoms with Gasteiger partial charge in [0, 0.05) is 34.8 Å². The number of amides is 1. The first kappa shape index (κ1) is 23.0. The lowest BCUT2D eigenvalue weighted by Crippen LogP contribution is -2.25. The number of thiazole rings is 1. The second kappa shape index (κ2) is 9.91. The smallest absolute Gasteiger partial charge is 0.220 e. The average Bonchev–Trinajstić information content (AvgIpc) is 3.66. The molecule has 1 amide bonds. The van der Waals surface area contributed by atoms with Crippen LogP contribution in [0.3, 0.4) is 0 Å². The highest BCUT2D eigenvalue weighted by atomic mass is 32.1. The van der Waals surface area contributed by atoms with Crippen molar-refractivity contribution in [3.8, 4) is 22.7 Å². The molecule has 7 heteroatoms. The van der Waals surface area contributed by atoms with Crippen LogP contribution in [0.25, 0.3) is 27.2 Å². The molecule has 0 unspecified atom stereocenters. The van der Waals surface area contributed by atoms with E-state index in [0.29, 0.717) is 19.4 Å². The van der Waals surface area contributed by atoms with Crippen LogP contribution in [-0.2, 0) is 30.5 Å². The molecular weight excluding hydrogens is 486 g/mol. The zero-order valence-electron chi connectivity index (χ0n) is 20.1. The van der Waals surface area contributed by atoms with Crippen molar-refractivity contribution in [1.82, 2.24) is 14.9 Å². The van der Waals surface area contributed by atoms with E-state index in [9.17, 15) is 4.79 Å². The largest absolute Gasteiger partial charge is 0.497 e. The van der Waals surface area contributed by atoms with E-state index in [0.717, 1.165) is 40.9 Å². The maximum atomic E-state index is 12.7. The fourth-order valence-corrected chi connectivity index (χ4v) is 6.50. The lowest BCUT2D eigenvalue weighted by molar-refractivity contribution is -0.121. The summed E-state index contributed by atoms with van der Waals surface area (Å²) in [5, 5.41) is 5.17. The van der Waals surface area contributed by atoms with Crippen molar-refractivity contribution in [3.63, 3.8) is 0 Å². The first-order valence-electron chi connectivity index (χ1n) is 12.2. The number of hydrogen-bond acceptors (Lipinski definition) is 5. The Hall–Kier alpha value is -3.42. The molecule has 5 aromatic rings. The maximum absolute atomic E-state index is 12.7. The summed E-state index contributed by atoms with van der Waals surface area (Å²) in [7, 11) is 1.71. The third-order valence-corrected chi connectivity index (χ3v) is 8.57. The van der Waals surface area contributed by atoms with Crippen LogP contribution in [0.2, 0.25) is 0 Å². The Labute approximate surface area is 218 Å². The van der Waals surface area contributed by atoms with Gasteiger partial charge in [-0.05, 0) is 90.7 Å². The number of nitrogens with zero attached hydrogens (tertiary/aromatic N) is 2. The summed E-state index contributed by atoms with van der Waals surface area (Å²) < 4.78 is 9.02. The number of carbonyl (C=O) groups excluding carboxylic acids is 1. The van der Waals surface area contributed by atoms with Crippen molar-refractivity contribution in [2.45, 2.75) is 32.1 Å². The highest BCUT2D eigenvalue weighted by Gasteiger charge is 2.24. The number of thiophene rings is 1. The predicted octanol–water partition coefficient (Wildman–Crippen LogP) is 6.21. The number of benzene rings is 2. The van der Waals surface area contributed by atoms with Gasteiger partial charge in [-0.1, -0.05) is 6.07 Å². The van der Waals surface area contributed by atoms with Gasteiger partial charge in [0.25, 0.3) is 0 Å². The number of hydrogen-bond donors (Lipinski definition) is 1. The number of ether oxygens (including phenoxy) is 1. The van der Waals surface area contributed by atoms with E-state index in [2.05, 4.69) is 68.8 Å². The van der Waals surface area contributed by atoms with Gasteiger partial charge in [0.05, 0.1) is 28.5 Å². The van der Waals surface area contributed by atoms with E-state index < -0.39 is 0 Å². The molecule has 0 bridgehead atoms. The summed E-state index contributed by atoms with van der Waals surface area (Å²) in [5.41, 5.74) is 10.3. The Morgan fingerprint density at radius 3 is 2.83 bits per heavy atom. The molecule has 0 saturated heterocycles. The molecule has 0 spiro atoms. The molecule has 2 aromatic carbocycles. The molecule has 0 fully saturated rings. The minimum Gasteiger partial charge on any atom is -0.497 e. The second-order valence-electron chi connectivity index (χ2n) is 9.05. The molecule has 36 heavy (non-hydrogen) atoms. The third-order valence-electron chi connectivity index (χ3n) is 6.84. The molecule has 1 aliphatic carbocycles. The Kier molecular flexibility index (Phi) is 6.34. The summed E-state index contributed by atoms with van der Waals surface area (Å²) in [6.07, 6.45) is 3.99. The monoisotopic (exact) mass is 513 g/mol. The van der Waals surface area contributed by atoms with E-state index in [-0.39, 0.29) is 5.91 Å². The summed E-state index contributed by atoms with van der Waals surface area (Å²) in [4.78, 5) is 18.5. The van der Waals surface area contributed by atoms with Crippen molar-refractivity contribution in [3.05, 3.63) is 87.2 Å². The molecule has 0 saturated carbocycles. The Balaban J connectivity index is 1.32. The number of rotatable bonds is 8. The molecule has 182 valence electrons. The number of aryl methyl sites for hydroxylation is 3. The first-order chi connectivity index (χ1) is 17.7. The van der Waals surface area contributed by atoms with Crippen LogP contribution in [0.15, 0.2) is 65.5 Å². The van der Waals surface area contributed by atoms with Crippen LogP contribution < -0.4 is 10.1 Å². The molecule has 1 N–H and O–H groups in total. The van der Waals surface area contributed by atoms with Gasteiger partial charge in [-0.3, -0.25) is 4.79 Å². The Morgan fingerprint density at radius 1 is 1.06 bits per heavy atom. The van der Waals surface area contributed by atoms with E-state index in [1.165, 1.54) is 33.0 Å². The SMILES string of the molecule is COc1ccc2c(c1)CCc1cc(CCC(=O)NCCc3cccs3)n(-c3ccc4ncsc4c3)c1-2. The van der Waals surface area contributed by atoms with Gasteiger partial charge in [0.2, 0.25) is 5.91 Å². The van der Waals surface area contributed by atoms with E-state index in [1.807, 2.05) is 11.6 Å². The summed E-state index contributed by atoms with van der Waals surface area (Å²) in [6, 6.07) is 19.3. The van der Waals surface area contributed by atoms with E-state index >= 15 is 0 Å². The van der Waals surface area contributed by atoms with Crippen LogP contribution in [0.5, 0.6) is 5.75 Å². The van der Waals surface area contributed by atoms with Gasteiger partial charge < -0.3 is 14.6 Å². The van der Waals surface area contributed by atoms with Gasteiger partial charge in [0.15, 0.2) is 0 Å². The van der Waals surface area contributed by atoms with Crippen molar-refractivity contribution < 1.29 is 9.53 Å². The van der Waals surface area contributed by atoms with E-state index in [4.69, 9.17) is 4.74 Å². The predicted molar refractivity (Wildman–Crippen MR) is 148 cm³/mol. The molecule has 3 aromatic heterocycles. The standard InChI is InChI=1S/C29H27N3O2S2/c1-34-23-8-9-25-19(16-23)4-5-20-15-21(7-11-28(33)30-13-12-24-3-2-14-35-24)32(29(20)25)22-6-10-26-27(17-22)36-18-31-26/h2-3,6,8-10,14-18H,4-5,7,11-13H2,1H3,(H,30,33). The van der Waals surface area contributed by atoms with Gasteiger partial charge in [-0.15, -0.1) is 22.7 Å². The van der Waals surface area contributed by atoms with Crippen molar-refractivity contribution >= 4 is 38.8 Å². The first-order valence-corrected chi connectivity index (χ1v) is 14.0. The zero-order valence-corrected chi connectivity index (χ0v) is 21.8. The van der Waals surface area contributed by atoms with Crippen molar-refractivity contribution in [2.24, 2.45) is 0 Å². The summed E-state index contributed by atoms with van der Waals surface area (Å²) >= 11 is 3.39. The maximum Gasteiger partial charge on any atom is 0.220 e. The number of aromatic nitrogens is 2. The van der Waals surface area contributed by atoms with Gasteiger partial charge in [0.1, 0.15) is 5.75 Å². The second-order valence-corrected chi connectivity index (χ2v) is 11.0. The minimum atomic E-state index is 0.0975. The topological polar surface area (TPSA) is 56.1 Å². The normalized spacial score (nSPS) is 12.4. The van der Waals surface area contributed by atoms with Crippen molar-refractivity contribution in [2.75, 3.05) is 13.7 Å². The zero-order chi connectivity index (χ0) is 24.5. The molecular formula is C29H27N3O2S2. The molecule has 0 aliphatic heterocycles. The highest BCUT2D eigenvalue weighted by molar-refractivity contribution is 7.16. The van der Waals surface area contributed by atoms with Crippen LogP contribution in [-0.4, -0.2) is 29.1 Å². The van der Waals surface area contributed by atoms with Gasteiger partial charge >= 0.3 is 0 Å².